The van der Waals surface area contributed by atoms with Gasteiger partial charge in [0.25, 0.3) is 0 Å². The first-order valence-electron chi connectivity index (χ1n) is 4.81. The second-order valence-corrected chi connectivity index (χ2v) is 3.45. The Morgan fingerprint density at radius 2 is 1.87 bits per heavy atom. The quantitative estimate of drug-likeness (QED) is 0.532. The van der Waals surface area contributed by atoms with E-state index in [4.69, 9.17) is 5.11 Å². The molecule has 1 atom stereocenters. The Labute approximate surface area is 89.7 Å². The number of allylic oxidation sites excluding steroid dienone is 3. The van der Waals surface area contributed by atoms with Crippen LogP contribution in [0.4, 0.5) is 0 Å². The second-order valence-electron chi connectivity index (χ2n) is 3.45. The first-order chi connectivity index (χ1) is 6.99. The highest BCUT2D eigenvalue weighted by atomic mass is 16.4. The summed E-state index contributed by atoms with van der Waals surface area (Å²) in [6, 6.07) is -0.840. The maximum absolute atomic E-state index is 11.2. The number of hydrogen-bond donors (Lipinski definition) is 2. The zero-order valence-corrected chi connectivity index (χ0v) is 9.23. The number of carboxylic acids is 1. The lowest BCUT2D eigenvalue weighted by Gasteiger charge is -2.16. The summed E-state index contributed by atoms with van der Waals surface area (Å²) in [5.74, 6) is -1.55. The molecule has 0 aromatic rings. The van der Waals surface area contributed by atoms with Gasteiger partial charge in [-0.1, -0.05) is 32.1 Å². The van der Waals surface area contributed by atoms with Gasteiger partial charge in [0, 0.05) is 6.08 Å². The predicted molar refractivity (Wildman–Crippen MR) is 58.4 cm³/mol. The SMILES string of the molecule is CC=CC=CC(=O)NC(C(=O)O)C(C)C. The molecular formula is C11H17NO3. The molecular weight excluding hydrogens is 194 g/mol. The lowest BCUT2D eigenvalue weighted by molar-refractivity contribution is -0.142. The molecule has 2 N–H and O–H groups in total. The Morgan fingerprint density at radius 3 is 2.27 bits per heavy atom. The van der Waals surface area contributed by atoms with Crippen LogP contribution in [0.5, 0.6) is 0 Å². The third-order valence-corrected chi connectivity index (χ3v) is 1.78. The van der Waals surface area contributed by atoms with Gasteiger partial charge in [0.15, 0.2) is 0 Å². The molecule has 0 aromatic carbocycles. The summed E-state index contributed by atoms with van der Waals surface area (Å²) in [5.41, 5.74) is 0. The lowest BCUT2D eigenvalue weighted by Crippen LogP contribution is -2.43. The van der Waals surface area contributed by atoms with Crippen molar-refractivity contribution >= 4 is 11.9 Å². The van der Waals surface area contributed by atoms with Crippen molar-refractivity contribution in [2.45, 2.75) is 26.8 Å². The van der Waals surface area contributed by atoms with Crippen molar-refractivity contribution in [3.63, 3.8) is 0 Å². The van der Waals surface area contributed by atoms with Crippen LogP contribution in [-0.4, -0.2) is 23.0 Å². The molecule has 4 nitrogen and oxygen atoms in total. The van der Waals surface area contributed by atoms with Crippen LogP contribution in [0.2, 0.25) is 0 Å². The summed E-state index contributed by atoms with van der Waals surface area (Å²) < 4.78 is 0. The normalized spacial score (nSPS) is 13.6. The third kappa shape index (κ3) is 5.67. The van der Waals surface area contributed by atoms with Gasteiger partial charge >= 0.3 is 5.97 Å². The Bertz CT molecular complexity index is 280. The van der Waals surface area contributed by atoms with E-state index in [1.807, 2.05) is 6.92 Å². The van der Waals surface area contributed by atoms with Crippen molar-refractivity contribution in [1.82, 2.24) is 5.32 Å². The van der Waals surface area contributed by atoms with Crippen LogP contribution in [0.3, 0.4) is 0 Å². The highest BCUT2D eigenvalue weighted by Crippen LogP contribution is 2.01. The van der Waals surface area contributed by atoms with Gasteiger partial charge in [-0.25, -0.2) is 4.79 Å². The van der Waals surface area contributed by atoms with Crippen molar-refractivity contribution in [1.29, 1.82) is 0 Å². The molecule has 0 fully saturated rings. The van der Waals surface area contributed by atoms with E-state index >= 15 is 0 Å². The summed E-state index contributed by atoms with van der Waals surface area (Å²) >= 11 is 0. The molecule has 0 aromatic heterocycles. The number of carbonyl (C=O) groups is 2. The number of nitrogens with one attached hydrogen (secondary N) is 1. The zero-order chi connectivity index (χ0) is 11.8. The summed E-state index contributed by atoms with van der Waals surface area (Å²) in [4.78, 5) is 22.0. The molecule has 1 amide bonds. The molecule has 0 spiro atoms. The fourth-order valence-corrected chi connectivity index (χ4v) is 0.969. The van der Waals surface area contributed by atoms with E-state index < -0.39 is 17.9 Å². The highest BCUT2D eigenvalue weighted by molar-refractivity contribution is 5.91. The van der Waals surface area contributed by atoms with Crippen LogP contribution in [0.25, 0.3) is 0 Å². The molecule has 0 radical (unpaired) electrons. The van der Waals surface area contributed by atoms with Gasteiger partial charge in [-0.15, -0.1) is 0 Å². The van der Waals surface area contributed by atoms with Gasteiger partial charge in [-0.2, -0.15) is 0 Å². The number of amides is 1. The van der Waals surface area contributed by atoms with Gasteiger partial charge in [0.05, 0.1) is 0 Å². The molecule has 4 heteroatoms. The molecule has 0 rings (SSSR count). The Balaban J connectivity index is 4.30. The van der Waals surface area contributed by atoms with Gasteiger partial charge in [0.2, 0.25) is 5.91 Å². The van der Waals surface area contributed by atoms with E-state index in [9.17, 15) is 9.59 Å². The van der Waals surface area contributed by atoms with Crippen molar-refractivity contribution in [3.05, 3.63) is 24.3 Å². The number of aliphatic carboxylic acids is 1. The summed E-state index contributed by atoms with van der Waals surface area (Å²) in [5, 5.41) is 11.2. The number of carbonyl (C=O) groups excluding carboxylic acids is 1. The smallest absolute Gasteiger partial charge is 0.326 e. The van der Waals surface area contributed by atoms with Crippen LogP contribution in [0.1, 0.15) is 20.8 Å². The Morgan fingerprint density at radius 1 is 1.27 bits per heavy atom. The van der Waals surface area contributed by atoms with Crippen LogP contribution in [-0.2, 0) is 9.59 Å². The molecule has 15 heavy (non-hydrogen) atoms. The first kappa shape index (κ1) is 13.4. The minimum atomic E-state index is -1.02. The highest BCUT2D eigenvalue weighted by Gasteiger charge is 2.22. The van der Waals surface area contributed by atoms with Crippen LogP contribution < -0.4 is 5.32 Å². The van der Waals surface area contributed by atoms with Crippen LogP contribution >= 0.6 is 0 Å². The number of hydrogen-bond acceptors (Lipinski definition) is 2. The molecule has 1 unspecified atom stereocenters. The third-order valence-electron chi connectivity index (χ3n) is 1.78. The standard InChI is InChI=1S/C11H17NO3/c1-4-5-6-7-9(13)12-10(8(2)3)11(14)15/h4-8,10H,1-3H3,(H,12,13)(H,14,15). The number of carboxylic acid groups (broad SMARTS) is 1. The predicted octanol–water partition coefficient (Wildman–Crippen LogP) is 1.34. The minimum Gasteiger partial charge on any atom is -0.480 e. The van der Waals surface area contributed by atoms with E-state index in [1.54, 1.807) is 32.1 Å². The van der Waals surface area contributed by atoms with Crippen molar-refractivity contribution in [2.75, 3.05) is 0 Å². The van der Waals surface area contributed by atoms with E-state index in [1.165, 1.54) is 6.08 Å². The molecule has 0 aliphatic carbocycles. The second kappa shape index (κ2) is 6.81. The van der Waals surface area contributed by atoms with Gasteiger partial charge in [-0.3, -0.25) is 4.79 Å². The fraction of sp³-hybridized carbons (Fsp3) is 0.455. The van der Waals surface area contributed by atoms with Crippen molar-refractivity contribution in [2.24, 2.45) is 5.92 Å². The Hall–Kier alpha value is -1.58. The lowest BCUT2D eigenvalue weighted by atomic mass is 10.0. The minimum absolute atomic E-state index is 0.137. The van der Waals surface area contributed by atoms with E-state index in [-0.39, 0.29) is 5.92 Å². The topological polar surface area (TPSA) is 66.4 Å². The van der Waals surface area contributed by atoms with E-state index in [0.29, 0.717) is 0 Å². The maximum Gasteiger partial charge on any atom is 0.326 e. The van der Waals surface area contributed by atoms with Crippen LogP contribution in [0.15, 0.2) is 24.3 Å². The molecule has 0 aliphatic heterocycles. The largest absolute Gasteiger partial charge is 0.480 e. The average Bonchev–Trinajstić information content (AvgIpc) is 2.13. The van der Waals surface area contributed by atoms with Gasteiger partial charge in [-0.05, 0) is 12.8 Å². The summed E-state index contributed by atoms with van der Waals surface area (Å²) in [7, 11) is 0. The molecule has 84 valence electrons. The monoisotopic (exact) mass is 211 g/mol. The number of rotatable bonds is 5. The molecule has 0 saturated carbocycles. The zero-order valence-electron chi connectivity index (χ0n) is 9.23. The first-order valence-corrected chi connectivity index (χ1v) is 4.81. The average molecular weight is 211 g/mol. The molecule has 0 saturated heterocycles. The van der Waals surface area contributed by atoms with E-state index in [0.717, 1.165) is 0 Å². The van der Waals surface area contributed by atoms with Crippen LogP contribution in [0, 0.1) is 5.92 Å². The maximum atomic E-state index is 11.2. The summed E-state index contributed by atoms with van der Waals surface area (Å²) in [6.45, 7) is 5.32. The van der Waals surface area contributed by atoms with Crippen molar-refractivity contribution < 1.29 is 14.7 Å². The molecule has 0 bridgehead atoms. The molecule has 0 heterocycles. The van der Waals surface area contributed by atoms with E-state index in [2.05, 4.69) is 5.32 Å². The van der Waals surface area contributed by atoms with Gasteiger partial charge < -0.3 is 10.4 Å². The molecule has 0 aliphatic rings. The van der Waals surface area contributed by atoms with Gasteiger partial charge in [0.1, 0.15) is 6.04 Å². The summed E-state index contributed by atoms with van der Waals surface area (Å²) in [6.07, 6.45) is 6.35. The van der Waals surface area contributed by atoms with Crippen molar-refractivity contribution in [3.8, 4) is 0 Å². The fourth-order valence-electron chi connectivity index (χ4n) is 0.969. The Kier molecular flexibility index (Phi) is 6.09.